The van der Waals surface area contributed by atoms with Gasteiger partial charge in [-0.15, -0.1) is 0 Å². The first kappa shape index (κ1) is 11.5. The topological polar surface area (TPSA) is 41.1 Å². The van der Waals surface area contributed by atoms with Gasteiger partial charge in [-0.2, -0.15) is 0 Å². The van der Waals surface area contributed by atoms with Crippen LogP contribution in [0.15, 0.2) is 30.3 Å². The molecule has 5 unspecified atom stereocenters. The lowest BCUT2D eigenvalue weighted by Crippen LogP contribution is -2.38. The SMILES string of the molecule is O=C(NC1CC1c1ccccc1)C1CC2CCC1N2. The van der Waals surface area contributed by atoms with Gasteiger partial charge in [0, 0.05) is 24.0 Å². The van der Waals surface area contributed by atoms with Crippen LogP contribution in [0.4, 0.5) is 0 Å². The number of fused-ring (bicyclic) bond motifs is 2. The normalized spacial score (nSPS) is 39.3. The Morgan fingerprint density at radius 3 is 2.68 bits per heavy atom. The van der Waals surface area contributed by atoms with Gasteiger partial charge in [0.15, 0.2) is 0 Å². The summed E-state index contributed by atoms with van der Waals surface area (Å²) in [6.45, 7) is 0. The Hall–Kier alpha value is -1.35. The maximum absolute atomic E-state index is 12.3. The Balaban J connectivity index is 1.35. The highest BCUT2D eigenvalue weighted by molar-refractivity contribution is 5.81. The van der Waals surface area contributed by atoms with Crippen LogP contribution in [0.25, 0.3) is 0 Å². The molecule has 1 aliphatic carbocycles. The van der Waals surface area contributed by atoms with E-state index in [-0.39, 0.29) is 11.8 Å². The molecule has 0 radical (unpaired) electrons. The number of hydrogen-bond donors (Lipinski definition) is 2. The van der Waals surface area contributed by atoms with Gasteiger partial charge < -0.3 is 10.6 Å². The quantitative estimate of drug-likeness (QED) is 0.866. The van der Waals surface area contributed by atoms with Gasteiger partial charge in [-0.05, 0) is 31.2 Å². The van der Waals surface area contributed by atoms with Crippen LogP contribution in [0.2, 0.25) is 0 Å². The molecule has 2 saturated heterocycles. The van der Waals surface area contributed by atoms with Gasteiger partial charge in [0.2, 0.25) is 5.91 Å². The molecule has 2 aliphatic heterocycles. The molecule has 3 nitrogen and oxygen atoms in total. The molecule has 19 heavy (non-hydrogen) atoms. The smallest absolute Gasteiger partial charge is 0.224 e. The zero-order valence-electron chi connectivity index (χ0n) is 11.0. The molecule has 1 aromatic carbocycles. The highest BCUT2D eigenvalue weighted by Crippen LogP contribution is 2.41. The van der Waals surface area contributed by atoms with Crippen molar-refractivity contribution in [1.82, 2.24) is 10.6 Å². The van der Waals surface area contributed by atoms with Crippen LogP contribution in [-0.4, -0.2) is 24.0 Å². The van der Waals surface area contributed by atoms with Crippen molar-refractivity contribution in [2.24, 2.45) is 5.92 Å². The van der Waals surface area contributed by atoms with Gasteiger partial charge in [-0.25, -0.2) is 0 Å². The van der Waals surface area contributed by atoms with E-state index < -0.39 is 0 Å². The van der Waals surface area contributed by atoms with Crippen molar-refractivity contribution < 1.29 is 4.79 Å². The fraction of sp³-hybridized carbons (Fsp3) is 0.562. The fourth-order valence-corrected chi connectivity index (χ4v) is 3.83. The van der Waals surface area contributed by atoms with E-state index in [1.54, 1.807) is 0 Å². The summed E-state index contributed by atoms with van der Waals surface area (Å²) in [5.74, 6) is 1.04. The third-order valence-corrected chi connectivity index (χ3v) is 4.98. The second-order valence-corrected chi connectivity index (χ2v) is 6.26. The van der Waals surface area contributed by atoms with Crippen LogP contribution in [0, 0.1) is 5.92 Å². The van der Waals surface area contributed by atoms with Crippen LogP contribution in [0.1, 0.15) is 37.2 Å². The minimum Gasteiger partial charge on any atom is -0.352 e. The van der Waals surface area contributed by atoms with Crippen LogP contribution in [-0.2, 0) is 4.79 Å². The molecule has 100 valence electrons. The number of rotatable bonds is 3. The van der Waals surface area contributed by atoms with E-state index in [0.29, 0.717) is 24.0 Å². The minimum absolute atomic E-state index is 0.218. The van der Waals surface area contributed by atoms with E-state index in [0.717, 1.165) is 12.8 Å². The number of amides is 1. The van der Waals surface area contributed by atoms with Crippen molar-refractivity contribution in [3.05, 3.63) is 35.9 Å². The third-order valence-electron chi connectivity index (χ3n) is 4.98. The van der Waals surface area contributed by atoms with Crippen molar-refractivity contribution in [1.29, 1.82) is 0 Å². The first-order valence-corrected chi connectivity index (χ1v) is 7.42. The van der Waals surface area contributed by atoms with E-state index in [2.05, 4.69) is 34.9 Å². The van der Waals surface area contributed by atoms with Crippen LogP contribution in [0.3, 0.4) is 0 Å². The molecule has 2 bridgehead atoms. The Morgan fingerprint density at radius 1 is 1.16 bits per heavy atom. The average Bonchev–Trinajstić information content (AvgIpc) is 2.89. The highest BCUT2D eigenvalue weighted by Gasteiger charge is 2.46. The van der Waals surface area contributed by atoms with Gasteiger partial charge in [0.05, 0.1) is 5.92 Å². The highest BCUT2D eigenvalue weighted by atomic mass is 16.2. The fourth-order valence-electron chi connectivity index (χ4n) is 3.83. The van der Waals surface area contributed by atoms with E-state index in [9.17, 15) is 4.79 Å². The Labute approximate surface area is 113 Å². The van der Waals surface area contributed by atoms with Crippen LogP contribution in [0.5, 0.6) is 0 Å². The zero-order valence-corrected chi connectivity index (χ0v) is 11.0. The molecule has 4 rings (SSSR count). The van der Waals surface area contributed by atoms with Crippen LogP contribution < -0.4 is 10.6 Å². The third kappa shape index (κ3) is 2.06. The predicted octanol–water partition coefficient (Wildman–Crippen LogP) is 1.80. The van der Waals surface area contributed by atoms with E-state index in [1.807, 2.05) is 6.07 Å². The van der Waals surface area contributed by atoms with Crippen molar-refractivity contribution in [3.63, 3.8) is 0 Å². The molecule has 5 atom stereocenters. The summed E-state index contributed by atoms with van der Waals surface area (Å²) < 4.78 is 0. The molecule has 3 heteroatoms. The molecule has 3 aliphatic rings. The molecule has 3 fully saturated rings. The lowest BCUT2D eigenvalue weighted by Gasteiger charge is -2.19. The van der Waals surface area contributed by atoms with Crippen molar-refractivity contribution >= 4 is 5.91 Å². The van der Waals surface area contributed by atoms with Gasteiger partial charge in [-0.3, -0.25) is 4.79 Å². The van der Waals surface area contributed by atoms with Crippen molar-refractivity contribution in [2.75, 3.05) is 0 Å². The molecule has 0 spiro atoms. The molecule has 1 aromatic rings. The standard InChI is InChI=1S/C16H20N2O/c19-16(13-8-11-6-7-14(13)17-11)18-15-9-12(15)10-4-2-1-3-5-10/h1-5,11-15,17H,6-9H2,(H,18,19). The van der Waals surface area contributed by atoms with Gasteiger partial charge in [0.1, 0.15) is 0 Å². The summed E-state index contributed by atoms with van der Waals surface area (Å²) in [4.78, 5) is 12.3. The summed E-state index contributed by atoms with van der Waals surface area (Å²) in [5.41, 5.74) is 1.36. The largest absolute Gasteiger partial charge is 0.352 e. The average molecular weight is 256 g/mol. The van der Waals surface area contributed by atoms with Gasteiger partial charge in [-0.1, -0.05) is 30.3 Å². The minimum atomic E-state index is 0.218. The first-order valence-electron chi connectivity index (χ1n) is 7.42. The predicted molar refractivity (Wildman–Crippen MR) is 73.8 cm³/mol. The van der Waals surface area contributed by atoms with E-state index >= 15 is 0 Å². The molecule has 2 heterocycles. The summed E-state index contributed by atoms with van der Waals surface area (Å²) in [5, 5.41) is 6.78. The Kier molecular flexibility index (Phi) is 2.62. The Morgan fingerprint density at radius 2 is 2.00 bits per heavy atom. The molecular formula is C16H20N2O. The molecule has 1 saturated carbocycles. The number of carbonyl (C=O) groups is 1. The summed E-state index contributed by atoms with van der Waals surface area (Å²) in [7, 11) is 0. The van der Waals surface area contributed by atoms with Gasteiger partial charge >= 0.3 is 0 Å². The number of hydrogen-bond acceptors (Lipinski definition) is 2. The van der Waals surface area contributed by atoms with E-state index in [4.69, 9.17) is 0 Å². The zero-order chi connectivity index (χ0) is 12.8. The lowest BCUT2D eigenvalue weighted by atomic mass is 9.88. The maximum atomic E-state index is 12.3. The number of benzene rings is 1. The monoisotopic (exact) mass is 256 g/mol. The summed E-state index contributed by atoms with van der Waals surface area (Å²) >= 11 is 0. The second-order valence-electron chi connectivity index (χ2n) is 6.26. The number of nitrogens with one attached hydrogen (secondary N) is 2. The van der Waals surface area contributed by atoms with E-state index in [1.165, 1.54) is 18.4 Å². The lowest BCUT2D eigenvalue weighted by molar-refractivity contribution is -0.125. The molecular weight excluding hydrogens is 236 g/mol. The summed E-state index contributed by atoms with van der Waals surface area (Å²) in [6.07, 6.45) is 4.57. The first-order chi connectivity index (χ1) is 9.31. The van der Waals surface area contributed by atoms with Gasteiger partial charge in [0.25, 0.3) is 0 Å². The van der Waals surface area contributed by atoms with Crippen molar-refractivity contribution in [3.8, 4) is 0 Å². The Bertz CT molecular complexity index is 487. The summed E-state index contributed by atoms with van der Waals surface area (Å²) in [6, 6.07) is 11.9. The van der Waals surface area contributed by atoms with Crippen LogP contribution >= 0.6 is 0 Å². The maximum Gasteiger partial charge on any atom is 0.224 e. The second kappa shape index (κ2) is 4.34. The van der Waals surface area contributed by atoms with Crippen molar-refractivity contribution in [2.45, 2.75) is 49.7 Å². The molecule has 2 N–H and O–H groups in total. The number of carbonyl (C=O) groups excluding carboxylic acids is 1. The molecule has 0 aromatic heterocycles. The molecule has 1 amide bonds.